The smallest absolute Gasteiger partial charge is 0.256 e. The van der Waals surface area contributed by atoms with Crippen molar-refractivity contribution in [2.24, 2.45) is 5.92 Å². The number of anilines is 1. The number of ketones is 1. The second-order valence-corrected chi connectivity index (χ2v) is 5.33. The fraction of sp³-hybridized carbons (Fsp3) is 0.357. The molecular formula is C14H16N2O2S. The lowest BCUT2D eigenvalue weighted by atomic mass is 10.0. The van der Waals surface area contributed by atoms with E-state index in [1.807, 2.05) is 13.8 Å². The van der Waals surface area contributed by atoms with E-state index in [0.717, 1.165) is 0 Å². The third-order valence-electron chi connectivity index (χ3n) is 3.17. The summed E-state index contributed by atoms with van der Waals surface area (Å²) in [4.78, 5) is 25.0. The molecule has 1 N–H and O–H groups in total. The van der Waals surface area contributed by atoms with Crippen LogP contribution in [0.15, 0.2) is 24.3 Å². The lowest BCUT2D eigenvalue weighted by Crippen LogP contribution is -2.34. The Morgan fingerprint density at radius 1 is 1.32 bits per heavy atom. The van der Waals surface area contributed by atoms with E-state index in [9.17, 15) is 9.59 Å². The van der Waals surface area contributed by atoms with E-state index in [1.165, 1.54) is 11.8 Å². The van der Waals surface area contributed by atoms with Crippen molar-refractivity contribution < 1.29 is 9.59 Å². The highest BCUT2D eigenvalue weighted by atomic mass is 32.1. The summed E-state index contributed by atoms with van der Waals surface area (Å²) in [5, 5.41) is 3.45. The number of hydrogen-bond donors (Lipinski definition) is 1. The number of thiocarbonyl (C=S) groups is 1. The number of Topliss-reactive ketones (excluding diaryl/α,β-unsaturated/α-hetero) is 1. The maximum Gasteiger partial charge on any atom is 0.256 e. The van der Waals surface area contributed by atoms with Crippen molar-refractivity contribution >= 4 is 34.7 Å². The van der Waals surface area contributed by atoms with Gasteiger partial charge in [0.25, 0.3) is 5.91 Å². The third-order valence-corrected chi connectivity index (χ3v) is 3.47. The van der Waals surface area contributed by atoms with E-state index < -0.39 is 0 Å². The van der Waals surface area contributed by atoms with Gasteiger partial charge in [-0.05, 0) is 49.3 Å². The van der Waals surface area contributed by atoms with Gasteiger partial charge in [0.1, 0.15) is 6.04 Å². The molecule has 1 aromatic carbocycles. The molecule has 4 nitrogen and oxygen atoms in total. The maximum atomic E-state index is 12.3. The van der Waals surface area contributed by atoms with Crippen LogP contribution < -0.4 is 10.2 Å². The highest BCUT2D eigenvalue weighted by Gasteiger charge is 2.37. The fourth-order valence-electron chi connectivity index (χ4n) is 2.04. The van der Waals surface area contributed by atoms with E-state index in [0.29, 0.717) is 16.4 Å². The lowest BCUT2D eigenvalue weighted by molar-refractivity contribution is -0.119. The van der Waals surface area contributed by atoms with Gasteiger partial charge < -0.3 is 5.32 Å². The van der Waals surface area contributed by atoms with Crippen molar-refractivity contribution in [3.05, 3.63) is 29.8 Å². The van der Waals surface area contributed by atoms with Crippen molar-refractivity contribution in [1.82, 2.24) is 5.32 Å². The molecule has 1 aliphatic heterocycles. The molecule has 1 heterocycles. The molecule has 0 aliphatic carbocycles. The molecule has 0 radical (unpaired) electrons. The Hall–Kier alpha value is -1.75. The average molecular weight is 276 g/mol. The number of carbonyl (C=O) groups excluding carboxylic acids is 2. The molecule has 0 spiro atoms. The summed E-state index contributed by atoms with van der Waals surface area (Å²) in [6, 6.07) is 6.61. The number of carbonyl (C=O) groups is 2. The molecule has 0 saturated carbocycles. The standard InChI is InChI=1S/C14H16N2O2S/c1-8(2)12-13(18)16(14(19)15-12)11-6-4-10(5-7-11)9(3)17/h4-8,12H,1-3H3,(H,15,19)/t12-/m0/s1. The molecule has 100 valence electrons. The van der Waals surface area contributed by atoms with Crippen LogP contribution in [0, 0.1) is 5.92 Å². The van der Waals surface area contributed by atoms with Crippen molar-refractivity contribution in [3.63, 3.8) is 0 Å². The summed E-state index contributed by atoms with van der Waals surface area (Å²) in [6.07, 6.45) is 0. The van der Waals surface area contributed by atoms with E-state index in [2.05, 4.69) is 5.32 Å². The first-order valence-electron chi connectivity index (χ1n) is 6.17. The first-order chi connectivity index (χ1) is 8.91. The van der Waals surface area contributed by atoms with Gasteiger partial charge in [0.2, 0.25) is 0 Å². The Morgan fingerprint density at radius 3 is 2.32 bits per heavy atom. The molecule has 1 saturated heterocycles. The first kappa shape index (κ1) is 13.7. The Labute approximate surface area is 117 Å². The molecule has 5 heteroatoms. The Morgan fingerprint density at radius 2 is 1.89 bits per heavy atom. The predicted octanol–water partition coefficient (Wildman–Crippen LogP) is 2.13. The fourth-order valence-corrected chi connectivity index (χ4v) is 2.36. The second-order valence-electron chi connectivity index (χ2n) is 4.95. The zero-order valence-electron chi connectivity index (χ0n) is 11.1. The van der Waals surface area contributed by atoms with Crippen LogP contribution in [-0.4, -0.2) is 22.8 Å². The van der Waals surface area contributed by atoms with Gasteiger partial charge in [0.05, 0.1) is 5.69 Å². The summed E-state index contributed by atoms with van der Waals surface area (Å²) in [5.41, 5.74) is 1.31. The van der Waals surface area contributed by atoms with Gasteiger partial charge in [0.15, 0.2) is 10.9 Å². The van der Waals surface area contributed by atoms with Crippen LogP contribution in [0.3, 0.4) is 0 Å². The van der Waals surface area contributed by atoms with E-state index in [1.54, 1.807) is 24.3 Å². The monoisotopic (exact) mass is 276 g/mol. The third kappa shape index (κ3) is 2.51. The molecule has 0 bridgehead atoms. The van der Waals surface area contributed by atoms with Crippen LogP contribution >= 0.6 is 12.2 Å². The van der Waals surface area contributed by atoms with Gasteiger partial charge >= 0.3 is 0 Å². The minimum absolute atomic E-state index is 0.0000527. The molecule has 0 unspecified atom stereocenters. The second kappa shape index (κ2) is 5.09. The van der Waals surface area contributed by atoms with Gasteiger partial charge in [-0.3, -0.25) is 14.5 Å². The highest BCUT2D eigenvalue weighted by molar-refractivity contribution is 7.80. The zero-order valence-corrected chi connectivity index (χ0v) is 12.0. The van der Waals surface area contributed by atoms with Gasteiger partial charge in [-0.1, -0.05) is 13.8 Å². The molecule has 0 aromatic heterocycles. The summed E-state index contributed by atoms with van der Waals surface area (Å²) in [6.45, 7) is 5.46. The molecule has 1 aliphatic rings. The van der Waals surface area contributed by atoms with Gasteiger partial charge in [0, 0.05) is 5.56 Å². The van der Waals surface area contributed by atoms with Crippen molar-refractivity contribution in [3.8, 4) is 0 Å². The summed E-state index contributed by atoms with van der Waals surface area (Å²) in [7, 11) is 0. The van der Waals surface area contributed by atoms with Crippen LogP contribution in [0.25, 0.3) is 0 Å². The van der Waals surface area contributed by atoms with Crippen LogP contribution in [0.4, 0.5) is 5.69 Å². The van der Waals surface area contributed by atoms with Crippen LogP contribution in [0.5, 0.6) is 0 Å². The summed E-state index contributed by atoms with van der Waals surface area (Å²) < 4.78 is 0. The maximum absolute atomic E-state index is 12.3. The van der Waals surface area contributed by atoms with Gasteiger partial charge in [-0.25, -0.2) is 0 Å². The van der Waals surface area contributed by atoms with Gasteiger partial charge in [-0.15, -0.1) is 0 Å². The minimum Gasteiger partial charge on any atom is -0.350 e. The number of benzene rings is 1. The average Bonchev–Trinajstić information content (AvgIpc) is 2.65. The Kier molecular flexibility index (Phi) is 3.66. The van der Waals surface area contributed by atoms with E-state index in [4.69, 9.17) is 12.2 Å². The number of nitrogens with zero attached hydrogens (tertiary/aromatic N) is 1. The number of amides is 1. The quantitative estimate of drug-likeness (QED) is 0.679. The normalized spacial score (nSPS) is 18.9. The number of nitrogens with one attached hydrogen (secondary N) is 1. The lowest BCUT2D eigenvalue weighted by Gasteiger charge is -2.16. The number of hydrogen-bond acceptors (Lipinski definition) is 3. The Bertz CT molecular complexity index is 537. The molecule has 1 amide bonds. The molecule has 2 rings (SSSR count). The molecule has 1 fully saturated rings. The molecule has 1 atom stereocenters. The van der Waals surface area contributed by atoms with E-state index >= 15 is 0 Å². The van der Waals surface area contributed by atoms with Crippen LogP contribution in [0.1, 0.15) is 31.1 Å². The highest BCUT2D eigenvalue weighted by Crippen LogP contribution is 2.23. The predicted molar refractivity (Wildman–Crippen MR) is 78.3 cm³/mol. The minimum atomic E-state index is -0.278. The van der Waals surface area contributed by atoms with Crippen molar-refractivity contribution in [1.29, 1.82) is 0 Å². The van der Waals surface area contributed by atoms with Crippen molar-refractivity contribution in [2.75, 3.05) is 4.90 Å². The topological polar surface area (TPSA) is 49.4 Å². The van der Waals surface area contributed by atoms with Crippen LogP contribution in [-0.2, 0) is 4.79 Å². The van der Waals surface area contributed by atoms with E-state index in [-0.39, 0.29) is 23.7 Å². The number of rotatable bonds is 3. The van der Waals surface area contributed by atoms with Gasteiger partial charge in [-0.2, -0.15) is 0 Å². The SMILES string of the molecule is CC(=O)c1ccc(N2C(=O)[C@H](C(C)C)NC2=S)cc1. The Balaban J connectivity index is 2.29. The zero-order chi connectivity index (χ0) is 14.2. The summed E-state index contributed by atoms with van der Waals surface area (Å²) in [5.74, 6) is 0.127. The van der Waals surface area contributed by atoms with Crippen molar-refractivity contribution in [2.45, 2.75) is 26.8 Å². The largest absolute Gasteiger partial charge is 0.350 e. The summed E-state index contributed by atoms with van der Waals surface area (Å²) >= 11 is 5.21. The molecular weight excluding hydrogens is 260 g/mol. The first-order valence-corrected chi connectivity index (χ1v) is 6.58. The molecule has 1 aromatic rings. The van der Waals surface area contributed by atoms with Crippen LogP contribution in [0.2, 0.25) is 0 Å². The molecule has 19 heavy (non-hydrogen) atoms.